The Morgan fingerprint density at radius 3 is 2.70 bits per heavy atom. The molecule has 0 aliphatic rings. The highest BCUT2D eigenvalue weighted by atomic mass is 127. The molecule has 0 amide bonds. The largest absolute Gasteiger partial charge is 0.441 e. The second kappa shape index (κ2) is 5.24. The summed E-state index contributed by atoms with van der Waals surface area (Å²) in [5, 5.41) is 0. The second-order valence-electron chi connectivity index (χ2n) is 4.26. The van der Waals surface area contributed by atoms with Crippen molar-refractivity contribution >= 4 is 39.7 Å². The summed E-state index contributed by atoms with van der Waals surface area (Å²) in [5.41, 5.74) is 1.87. The third-order valence-electron chi connectivity index (χ3n) is 2.76. The van der Waals surface area contributed by atoms with Crippen molar-refractivity contribution in [3.8, 4) is 5.75 Å². The van der Waals surface area contributed by atoms with E-state index in [4.69, 9.17) is 9.15 Å². The zero-order valence-electron chi connectivity index (χ0n) is 10.6. The molecule has 0 bridgehead atoms. The van der Waals surface area contributed by atoms with E-state index in [0.717, 1.165) is 9.09 Å². The maximum absolute atomic E-state index is 12.0. The van der Waals surface area contributed by atoms with Crippen LogP contribution in [-0.2, 0) is 0 Å². The average molecular weight is 379 g/mol. The fraction of sp³-hybridized carbons (Fsp3) is 0.0667. The molecule has 0 fully saturated rings. The number of aryl methyl sites for hydroxylation is 1. The van der Waals surface area contributed by atoms with Crippen LogP contribution < -0.4 is 4.74 Å². The van der Waals surface area contributed by atoms with Crippen LogP contribution >= 0.6 is 22.6 Å². The van der Waals surface area contributed by atoms with E-state index < -0.39 is 5.97 Å². The number of carbonyl (C=O) groups excluding carboxylic acids is 1. The Kier molecular flexibility index (Phi) is 3.43. The number of rotatable bonds is 2. The third kappa shape index (κ3) is 2.67. The predicted molar refractivity (Wildman–Crippen MR) is 82.9 cm³/mol. The van der Waals surface area contributed by atoms with Gasteiger partial charge in [-0.1, -0.05) is 0 Å². The van der Waals surface area contributed by atoms with Crippen LogP contribution in [0.15, 0.2) is 46.9 Å². The fourth-order valence-corrected chi connectivity index (χ4v) is 2.20. The molecule has 3 aromatic rings. The molecule has 1 heterocycles. The van der Waals surface area contributed by atoms with Crippen molar-refractivity contribution in [2.24, 2.45) is 0 Å². The van der Waals surface area contributed by atoms with Crippen LogP contribution in [0.2, 0.25) is 0 Å². The van der Waals surface area contributed by atoms with Gasteiger partial charge in [-0.3, -0.25) is 0 Å². The number of oxazole rings is 1. The predicted octanol–water partition coefficient (Wildman–Crippen LogP) is 3.96. The maximum Gasteiger partial charge on any atom is 0.343 e. The molecule has 5 heteroatoms. The Bertz CT molecular complexity index is 777. The minimum atomic E-state index is -0.392. The molecule has 2 aromatic carbocycles. The Morgan fingerprint density at radius 2 is 1.95 bits per heavy atom. The zero-order chi connectivity index (χ0) is 14.1. The topological polar surface area (TPSA) is 52.3 Å². The summed E-state index contributed by atoms with van der Waals surface area (Å²) >= 11 is 2.18. The Hall–Kier alpha value is -1.89. The molecular formula is C15H10INO3. The number of halogens is 1. The molecule has 0 spiro atoms. The first kappa shape index (κ1) is 13.1. The van der Waals surface area contributed by atoms with Gasteiger partial charge in [0.25, 0.3) is 0 Å². The van der Waals surface area contributed by atoms with E-state index in [-0.39, 0.29) is 0 Å². The highest BCUT2D eigenvalue weighted by Gasteiger charge is 2.10. The molecule has 0 aliphatic heterocycles. The minimum Gasteiger partial charge on any atom is -0.441 e. The number of fused-ring (bicyclic) bond motifs is 1. The van der Waals surface area contributed by atoms with Crippen molar-refractivity contribution in [3.63, 3.8) is 0 Å². The number of esters is 1. The number of hydrogen-bond acceptors (Lipinski definition) is 4. The first-order valence-corrected chi connectivity index (χ1v) is 7.04. The molecule has 0 aliphatic carbocycles. The van der Waals surface area contributed by atoms with Crippen LogP contribution in [0.5, 0.6) is 5.75 Å². The zero-order valence-corrected chi connectivity index (χ0v) is 12.7. The second-order valence-corrected chi connectivity index (χ2v) is 5.50. The van der Waals surface area contributed by atoms with Gasteiger partial charge in [0, 0.05) is 16.6 Å². The number of carbonyl (C=O) groups is 1. The molecular weight excluding hydrogens is 369 g/mol. The lowest BCUT2D eigenvalue weighted by molar-refractivity contribution is 0.0735. The van der Waals surface area contributed by atoms with Crippen LogP contribution in [0.25, 0.3) is 11.1 Å². The Balaban J connectivity index is 1.84. The normalized spacial score (nSPS) is 10.7. The minimum absolute atomic E-state index is 0.392. The fourth-order valence-electron chi connectivity index (χ4n) is 1.84. The van der Waals surface area contributed by atoms with Gasteiger partial charge in [-0.05, 0) is 59.0 Å². The van der Waals surface area contributed by atoms with Crippen molar-refractivity contribution in [1.82, 2.24) is 4.98 Å². The lowest BCUT2D eigenvalue weighted by Crippen LogP contribution is -2.08. The number of ether oxygens (including phenoxy) is 1. The van der Waals surface area contributed by atoms with Gasteiger partial charge in [0.1, 0.15) is 11.3 Å². The summed E-state index contributed by atoms with van der Waals surface area (Å²) in [4.78, 5) is 16.2. The van der Waals surface area contributed by atoms with Crippen molar-refractivity contribution in [1.29, 1.82) is 0 Å². The van der Waals surface area contributed by atoms with Gasteiger partial charge in [-0.15, -0.1) is 0 Å². The van der Waals surface area contributed by atoms with Crippen LogP contribution in [0.3, 0.4) is 0 Å². The Morgan fingerprint density at radius 1 is 1.20 bits per heavy atom. The number of hydrogen-bond donors (Lipinski definition) is 0. The Labute approximate surface area is 128 Å². The summed E-state index contributed by atoms with van der Waals surface area (Å²) in [6.07, 6.45) is 0. The van der Waals surface area contributed by atoms with E-state index >= 15 is 0 Å². The monoisotopic (exact) mass is 379 g/mol. The standard InChI is InChI=1S/C15H10INO3/c1-9-17-13-7-6-12(8-14(13)19-9)20-15(18)10-2-4-11(16)5-3-10/h2-8H,1H3. The van der Waals surface area contributed by atoms with Gasteiger partial charge >= 0.3 is 5.97 Å². The van der Waals surface area contributed by atoms with Gasteiger partial charge in [0.2, 0.25) is 0 Å². The highest BCUT2D eigenvalue weighted by molar-refractivity contribution is 14.1. The van der Waals surface area contributed by atoms with Crippen molar-refractivity contribution in [2.75, 3.05) is 0 Å². The lowest BCUT2D eigenvalue weighted by Gasteiger charge is -2.04. The maximum atomic E-state index is 12.0. The molecule has 0 saturated carbocycles. The summed E-state index contributed by atoms with van der Waals surface area (Å²) in [7, 11) is 0. The van der Waals surface area contributed by atoms with Crippen molar-refractivity contribution in [3.05, 3.63) is 57.5 Å². The summed E-state index contributed by atoms with van der Waals surface area (Å²) in [6.45, 7) is 1.78. The number of nitrogens with zero attached hydrogens (tertiary/aromatic N) is 1. The third-order valence-corrected chi connectivity index (χ3v) is 3.48. The lowest BCUT2D eigenvalue weighted by atomic mass is 10.2. The van der Waals surface area contributed by atoms with Gasteiger partial charge < -0.3 is 9.15 Å². The van der Waals surface area contributed by atoms with Crippen molar-refractivity contribution < 1.29 is 13.9 Å². The molecule has 0 unspecified atom stereocenters. The van der Waals surface area contributed by atoms with Crippen LogP contribution in [0.4, 0.5) is 0 Å². The van der Waals surface area contributed by atoms with Crippen molar-refractivity contribution in [2.45, 2.75) is 6.92 Å². The number of aromatic nitrogens is 1. The molecule has 0 N–H and O–H groups in total. The van der Waals surface area contributed by atoms with E-state index in [2.05, 4.69) is 27.6 Å². The molecule has 100 valence electrons. The smallest absolute Gasteiger partial charge is 0.343 e. The van der Waals surface area contributed by atoms with E-state index in [1.807, 2.05) is 12.1 Å². The van der Waals surface area contributed by atoms with Crippen LogP contribution in [-0.4, -0.2) is 11.0 Å². The van der Waals surface area contributed by atoms with Crippen LogP contribution in [0.1, 0.15) is 16.2 Å². The molecule has 3 rings (SSSR count). The molecule has 4 nitrogen and oxygen atoms in total. The van der Waals surface area contributed by atoms with E-state index in [9.17, 15) is 4.79 Å². The summed E-state index contributed by atoms with van der Waals surface area (Å²) in [6, 6.07) is 12.3. The first-order chi connectivity index (χ1) is 9.61. The van der Waals surface area contributed by atoms with Crippen LogP contribution in [0, 0.1) is 10.5 Å². The summed E-state index contributed by atoms with van der Waals surface area (Å²) in [5.74, 6) is 0.635. The molecule has 0 radical (unpaired) electrons. The SMILES string of the molecule is Cc1nc2ccc(OC(=O)c3ccc(I)cc3)cc2o1. The first-order valence-electron chi connectivity index (χ1n) is 5.97. The average Bonchev–Trinajstić information content (AvgIpc) is 2.78. The molecule has 20 heavy (non-hydrogen) atoms. The van der Waals surface area contributed by atoms with E-state index in [1.165, 1.54) is 0 Å². The number of benzene rings is 2. The van der Waals surface area contributed by atoms with Gasteiger partial charge in [-0.2, -0.15) is 0 Å². The summed E-state index contributed by atoms with van der Waals surface area (Å²) < 4.78 is 11.8. The van der Waals surface area contributed by atoms with E-state index in [1.54, 1.807) is 37.3 Å². The molecule has 1 aromatic heterocycles. The molecule has 0 saturated heterocycles. The van der Waals surface area contributed by atoms with Gasteiger partial charge in [0.15, 0.2) is 11.5 Å². The molecule has 0 atom stereocenters. The van der Waals surface area contributed by atoms with Gasteiger partial charge in [0.05, 0.1) is 5.56 Å². The highest BCUT2D eigenvalue weighted by Crippen LogP contribution is 2.22. The quantitative estimate of drug-likeness (QED) is 0.384. The van der Waals surface area contributed by atoms with E-state index in [0.29, 0.717) is 22.8 Å². The van der Waals surface area contributed by atoms with Gasteiger partial charge in [-0.25, -0.2) is 9.78 Å².